The lowest BCUT2D eigenvalue weighted by Gasteiger charge is -2.32. The molecule has 6 nitrogen and oxygen atoms in total. The zero-order chi connectivity index (χ0) is 22.6. The van der Waals surface area contributed by atoms with Crippen molar-refractivity contribution in [1.29, 1.82) is 0 Å². The van der Waals surface area contributed by atoms with E-state index < -0.39 is 23.6 Å². The van der Waals surface area contributed by atoms with E-state index in [1.807, 2.05) is 31.2 Å². The zero-order valence-electron chi connectivity index (χ0n) is 17.6. The number of rotatable bonds is 6. The van der Waals surface area contributed by atoms with Gasteiger partial charge in [0.1, 0.15) is 11.9 Å². The largest absolute Gasteiger partial charge is 0.507 e. The van der Waals surface area contributed by atoms with E-state index >= 15 is 0 Å². The average Bonchev–Trinajstić information content (AvgIpc) is 2.73. The highest BCUT2D eigenvalue weighted by Gasteiger charge is 2.34. The lowest BCUT2D eigenvalue weighted by molar-refractivity contribution is -0.131. The number of amides is 1. The van der Waals surface area contributed by atoms with Crippen LogP contribution in [-0.2, 0) is 9.53 Å². The third-order valence-corrected chi connectivity index (χ3v) is 5.07. The van der Waals surface area contributed by atoms with Gasteiger partial charge in [-0.2, -0.15) is 0 Å². The Morgan fingerprint density at radius 1 is 1.00 bits per heavy atom. The van der Waals surface area contributed by atoms with E-state index in [0.29, 0.717) is 22.0 Å². The molecule has 6 heteroatoms. The van der Waals surface area contributed by atoms with Crippen molar-refractivity contribution in [3.63, 3.8) is 0 Å². The number of anilines is 1. The number of phenols is 1. The van der Waals surface area contributed by atoms with Crippen LogP contribution in [0.5, 0.6) is 5.75 Å². The first-order chi connectivity index (χ1) is 14.7. The Kier molecular flexibility index (Phi) is 6.30. The minimum absolute atomic E-state index is 0.112. The van der Waals surface area contributed by atoms with Crippen molar-refractivity contribution < 1.29 is 24.5 Å². The molecule has 0 aromatic heterocycles. The SMILES string of the molecule is Cc1ccc(NC(=O)O[C@H](c2ccc(O)c3ccccc23)C(C)(C)/C=C/C(=O)O)cc1. The Morgan fingerprint density at radius 3 is 2.29 bits per heavy atom. The predicted octanol–water partition coefficient (Wildman–Crippen LogP) is 5.81. The molecule has 1 amide bonds. The number of fused-ring (bicyclic) bond motifs is 1. The smallest absolute Gasteiger partial charge is 0.412 e. The first kappa shape index (κ1) is 21.9. The Bertz CT molecular complexity index is 1130. The van der Waals surface area contributed by atoms with Gasteiger partial charge in [0.05, 0.1) is 0 Å². The van der Waals surface area contributed by atoms with Gasteiger partial charge in [0.15, 0.2) is 0 Å². The molecule has 0 saturated heterocycles. The van der Waals surface area contributed by atoms with E-state index in [1.54, 1.807) is 50.2 Å². The highest BCUT2D eigenvalue weighted by molar-refractivity contribution is 5.92. The third-order valence-electron chi connectivity index (χ3n) is 5.07. The van der Waals surface area contributed by atoms with Crippen LogP contribution in [0.1, 0.15) is 31.1 Å². The van der Waals surface area contributed by atoms with E-state index in [0.717, 1.165) is 11.6 Å². The summed E-state index contributed by atoms with van der Waals surface area (Å²) in [7, 11) is 0. The molecule has 0 aliphatic rings. The molecule has 0 fully saturated rings. The standard InChI is InChI=1S/C25H25NO5/c1-16-8-10-17(11-9-16)26-24(30)31-23(25(2,3)15-14-22(28)29)20-12-13-21(27)19-7-5-4-6-18(19)20/h4-15,23,27H,1-3H3,(H,26,30)(H,28,29)/b15-14+/t23-/m1/s1. The number of phenolic OH excluding ortho intramolecular Hbond substituents is 1. The van der Waals surface area contributed by atoms with Gasteiger partial charge in [-0.25, -0.2) is 9.59 Å². The maximum absolute atomic E-state index is 12.7. The van der Waals surface area contributed by atoms with Crippen molar-refractivity contribution in [3.05, 3.63) is 83.9 Å². The maximum atomic E-state index is 12.7. The number of carboxylic acid groups (broad SMARTS) is 1. The van der Waals surface area contributed by atoms with Crippen LogP contribution >= 0.6 is 0 Å². The first-order valence-electron chi connectivity index (χ1n) is 9.84. The topological polar surface area (TPSA) is 95.9 Å². The summed E-state index contributed by atoms with van der Waals surface area (Å²) >= 11 is 0. The molecule has 3 aromatic rings. The summed E-state index contributed by atoms with van der Waals surface area (Å²) in [6, 6.07) is 17.8. The van der Waals surface area contributed by atoms with Gasteiger partial charge in [-0.05, 0) is 30.5 Å². The van der Waals surface area contributed by atoms with Gasteiger partial charge in [0, 0.05) is 28.1 Å². The van der Waals surface area contributed by atoms with Gasteiger partial charge in [0.2, 0.25) is 0 Å². The molecule has 0 spiro atoms. The number of carboxylic acids is 1. The molecule has 160 valence electrons. The molecular weight excluding hydrogens is 394 g/mol. The lowest BCUT2D eigenvalue weighted by Crippen LogP contribution is -2.28. The second kappa shape index (κ2) is 8.92. The fourth-order valence-electron chi connectivity index (χ4n) is 3.42. The van der Waals surface area contributed by atoms with E-state index in [-0.39, 0.29) is 5.75 Å². The Morgan fingerprint density at radius 2 is 1.65 bits per heavy atom. The molecule has 0 aliphatic carbocycles. The summed E-state index contributed by atoms with van der Waals surface area (Å²) in [4.78, 5) is 23.9. The number of aromatic hydroxyl groups is 1. The van der Waals surface area contributed by atoms with Crippen molar-refractivity contribution in [3.8, 4) is 5.75 Å². The summed E-state index contributed by atoms with van der Waals surface area (Å²) in [6.07, 6.45) is 1.05. The highest BCUT2D eigenvalue weighted by Crippen LogP contribution is 2.42. The fraction of sp³-hybridized carbons (Fsp3) is 0.200. The second-order valence-electron chi connectivity index (χ2n) is 7.99. The number of aryl methyl sites for hydroxylation is 1. The van der Waals surface area contributed by atoms with Crippen molar-refractivity contribution in [2.45, 2.75) is 26.9 Å². The van der Waals surface area contributed by atoms with Crippen molar-refractivity contribution >= 4 is 28.5 Å². The molecular formula is C25H25NO5. The van der Waals surface area contributed by atoms with Gasteiger partial charge < -0.3 is 14.9 Å². The van der Waals surface area contributed by atoms with Crippen LogP contribution in [0.2, 0.25) is 0 Å². The van der Waals surface area contributed by atoms with Gasteiger partial charge in [-0.15, -0.1) is 0 Å². The summed E-state index contributed by atoms with van der Waals surface area (Å²) in [5.41, 5.74) is 1.45. The van der Waals surface area contributed by atoms with Crippen LogP contribution in [-0.4, -0.2) is 22.3 Å². The number of aliphatic carboxylic acids is 1. The second-order valence-corrected chi connectivity index (χ2v) is 7.99. The molecule has 3 aromatic carbocycles. The normalized spacial score (nSPS) is 12.6. The summed E-state index contributed by atoms with van der Waals surface area (Å²) in [6.45, 7) is 5.53. The molecule has 0 saturated carbocycles. The Labute approximate surface area is 180 Å². The maximum Gasteiger partial charge on any atom is 0.412 e. The van der Waals surface area contributed by atoms with Crippen molar-refractivity contribution in [1.82, 2.24) is 0 Å². The van der Waals surface area contributed by atoms with Crippen LogP contribution in [0.4, 0.5) is 10.5 Å². The van der Waals surface area contributed by atoms with Crippen LogP contribution in [0.25, 0.3) is 10.8 Å². The molecule has 0 bridgehead atoms. The van der Waals surface area contributed by atoms with Crippen LogP contribution in [0.15, 0.2) is 72.8 Å². The minimum atomic E-state index is -1.09. The fourth-order valence-corrected chi connectivity index (χ4v) is 3.42. The summed E-state index contributed by atoms with van der Waals surface area (Å²) < 4.78 is 5.84. The summed E-state index contributed by atoms with van der Waals surface area (Å²) in [5.74, 6) is -0.979. The van der Waals surface area contributed by atoms with Gasteiger partial charge in [-0.3, -0.25) is 5.32 Å². The first-order valence-corrected chi connectivity index (χ1v) is 9.84. The zero-order valence-corrected chi connectivity index (χ0v) is 17.6. The van der Waals surface area contributed by atoms with Crippen LogP contribution < -0.4 is 5.32 Å². The Balaban J connectivity index is 2.01. The number of carbonyl (C=O) groups excluding carboxylic acids is 1. The molecule has 0 aliphatic heterocycles. The quantitative estimate of drug-likeness (QED) is 0.438. The highest BCUT2D eigenvalue weighted by atomic mass is 16.6. The summed E-state index contributed by atoms with van der Waals surface area (Å²) in [5, 5.41) is 23.4. The number of nitrogens with one attached hydrogen (secondary N) is 1. The van der Waals surface area contributed by atoms with Crippen LogP contribution in [0, 0.1) is 12.3 Å². The molecule has 0 heterocycles. The molecule has 0 radical (unpaired) electrons. The third kappa shape index (κ3) is 5.22. The molecule has 31 heavy (non-hydrogen) atoms. The predicted molar refractivity (Wildman–Crippen MR) is 120 cm³/mol. The van der Waals surface area contributed by atoms with Gasteiger partial charge in [-0.1, -0.05) is 68.0 Å². The number of benzene rings is 3. The van der Waals surface area contributed by atoms with Crippen LogP contribution in [0.3, 0.4) is 0 Å². The van der Waals surface area contributed by atoms with E-state index in [4.69, 9.17) is 9.84 Å². The Hall–Kier alpha value is -3.80. The lowest BCUT2D eigenvalue weighted by atomic mass is 9.80. The number of hydrogen-bond donors (Lipinski definition) is 3. The van der Waals surface area contributed by atoms with Gasteiger partial charge in [0.25, 0.3) is 0 Å². The minimum Gasteiger partial charge on any atom is -0.507 e. The van der Waals surface area contributed by atoms with Crippen molar-refractivity contribution in [2.75, 3.05) is 5.32 Å². The van der Waals surface area contributed by atoms with Gasteiger partial charge >= 0.3 is 12.1 Å². The van der Waals surface area contributed by atoms with E-state index in [2.05, 4.69) is 5.32 Å². The molecule has 3 N–H and O–H groups in total. The van der Waals surface area contributed by atoms with E-state index in [9.17, 15) is 14.7 Å². The monoisotopic (exact) mass is 419 g/mol. The number of carbonyl (C=O) groups is 2. The molecule has 3 rings (SSSR count). The van der Waals surface area contributed by atoms with E-state index in [1.165, 1.54) is 6.08 Å². The molecule has 1 atom stereocenters. The number of hydrogen-bond acceptors (Lipinski definition) is 4. The molecule has 0 unspecified atom stereocenters. The van der Waals surface area contributed by atoms with Crippen molar-refractivity contribution in [2.24, 2.45) is 5.41 Å². The number of ether oxygens (including phenoxy) is 1. The average molecular weight is 419 g/mol.